The van der Waals surface area contributed by atoms with Crippen LogP contribution in [0.3, 0.4) is 0 Å². The van der Waals surface area contributed by atoms with Crippen LogP contribution in [0.1, 0.15) is 27.2 Å². The number of carbonyl (C=O) groups excluding carboxylic acids is 1. The molecule has 1 N–H and O–H groups in total. The van der Waals surface area contributed by atoms with E-state index in [9.17, 15) is 4.79 Å². The molecule has 0 aromatic carbocycles. The summed E-state index contributed by atoms with van der Waals surface area (Å²) in [5, 5.41) is 2.83. The lowest BCUT2D eigenvalue weighted by molar-refractivity contribution is -0.125. The smallest absolute Gasteiger partial charge is 0.237 e. The van der Waals surface area contributed by atoms with Crippen molar-refractivity contribution in [3.05, 3.63) is 0 Å². The molecule has 0 bridgehead atoms. The average Bonchev–Trinajstić information content (AvgIpc) is 2.06. The Balaban J connectivity index is 4.04. The molecule has 0 aliphatic rings. The van der Waals surface area contributed by atoms with Crippen molar-refractivity contribution in [1.29, 1.82) is 0 Å². The lowest BCUT2D eigenvalue weighted by Crippen LogP contribution is -2.44. The second-order valence-electron chi connectivity index (χ2n) is 2.89. The van der Waals surface area contributed by atoms with Crippen molar-refractivity contribution < 1.29 is 4.79 Å². The van der Waals surface area contributed by atoms with Crippen LogP contribution < -0.4 is 5.32 Å². The van der Waals surface area contributed by atoms with E-state index >= 15 is 0 Å². The lowest BCUT2D eigenvalue weighted by atomic mass is 10.2. The Kier molecular flexibility index (Phi) is 5.72. The molecule has 1 amide bonds. The number of carbonyl (C=O) groups is 1. The minimum atomic E-state index is 0.0370. The first-order valence-electron chi connectivity index (χ1n) is 4.65. The molecule has 0 radical (unpaired) electrons. The van der Waals surface area contributed by atoms with Crippen molar-refractivity contribution >= 4 is 5.91 Å². The van der Waals surface area contributed by atoms with Gasteiger partial charge in [-0.1, -0.05) is 13.8 Å². The van der Waals surface area contributed by atoms with Gasteiger partial charge in [-0.2, -0.15) is 0 Å². The molecule has 0 aliphatic carbocycles. The summed E-state index contributed by atoms with van der Waals surface area (Å²) >= 11 is 0. The van der Waals surface area contributed by atoms with Gasteiger partial charge in [0.1, 0.15) is 0 Å². The van der Waals surface area contributed by atoms with Crippen LogP contribution in [-0.2, 0) is 4.79 Å². The zero-order chi connectivity index (χ0) is 9.56. The Labute approximate surface area is 75.1 Å². The van der Waals surface area contributed by atoms with Crippen molar-refractivity contribution in [3.63, 3.8) is 0 Å². The van der Waals surface area contributed by atoms with E-state index in [4.69, 9.17) is 0 Å². The monoisotopic (exact) mass is 172 g/mol. The van der Waals surface area contributed by atoms with Crippen molar-refractivity contribution in [2.75, 3.05) is 20.1 Å². The first kappa shape index (κ1) is 11.4. The van der Waals surface area contributed by atoms with E-state index in [0.717, 1.165) is 13.0 Å². The van der Waals surface area contributed by atoms with Crippen molar-refractivity contribution in [2.45, 2.75) is 33.2 Å². The van der Waals surface area contributed by atoms with Gasteiger partial charge in [0.25, 0.3) is 0 Å². The van der Waals surface area contributed by atoms with Crippen LogP contribution in [0.15, 0.2) is 0 Å². The Bertz CT molecular complexity index is 136. The van der Waals surface area contributed by atoms with Gasteiger partial charge in [0, 0.05) is 6.54 Å². The molecule has 0 spiro atoms. The molecular weight excluding hydrogens is 152 g/mol. The molecule has 12 heavy (non-hydrogen) atoms. The second-order valence-corrected chi connectivity index (χ2v) is 2.89. The average molecular weight is 172 g/mol. The Morgan fingerprint density at radius 2 is 2.00 bits per heavy atom. The maximum Gasteiger partial charge on any atom is 0.237 e. The molecule has 0 aromatic rings. The molecule has 3 nitrogen and oxygen atoms in total. The van der Waals surface area contributed by atoms with Gasteiger partial charge in [-0.05, 0) is 26.9 Å². The summed E-state index contributed by atoms with van der Waals surface area (Å²) < 4.78 is 0. The van der Waals surface area contributed by atoms with Crippen LogP contribution in [-0.4, -0.2) is 37.0 Å². The van der Waals surface area contributed by atoms with E-state index in [1.54, 1.807) is 0 Å². The minimum Gasteiger partial charge on any atom is -0.355 e. The molecule has 1 unspecified atom stereocenters. The van der Waals surface area contributed by atoms with E-state index in [1.165, 1.54) is 0 Å². The van der Waals surface area contributed by atoms with Gasteiger partial charge in [0.2, 0.25) is 5.91 Å². The van der Waals surface area contributed by atoms with Crippen molar-refractivity contribution in [2.24, 2.45) is 0 Å². The van der Waals surface area contributed by atoms with Crippen LogP contribution in [0.4, 0.5) is 0 Å². The highest BCUT2D eigenvalue weighted by atomic mass is 16.2. The van der Waals surface area contributed by atoms with E-state index in [2.05, 4.69) is 17.1 Å². The first-order valence-corrected chi connectivity index (χ1v) is 4.65. The molecule has 0 saturated heterocycles. The third-order valence-corrected chi connectivity index (χ3v) is 2.07. The second kappa shape index (κ2) is 6.00. The van der Waals surface area contributed by atoms with Crippen LogP contribution in [0, 0.1) is 0 Å². The minimum absolute atomic E-state index is 0.0370. The molecule has 1 atom stereocenters. The lowest BCUT2D eigenvalue weighted by Gasteiger charge is -2.24. The summed E-state index contributed by atoms with van der Waals surface area (Å²) in [4.78, 5) is 13.5. The van der Waals surface area contributed by atoms with Gasteiger partial charge >= 0.3 is 0 Å². The van der Waals surface area contributed by atoms with Crippen LogP contribution in [0.5, 0.6) is 0 Å². The Hall–Kier alpha value is -0.570. The summed E-state index contributed by atoms with van der Waals surface area (Å²) in [7, 11) is 1.98. The summed E-state index contributed by atoms with van der Waals surface area (Å²) in [5.74, 6) is 0.143. The SMILES string of the molecule is CCNC(=O)C(CC)N(C)CC. The maximum absolute atomic E-state index is 11.4. The van der Waals surface area contributed by atoms with Gasteiger partial charge in [0.05, 0.1) is 6.04 Å². The quantitative estimate of drug-likeness (QED) is 0.667. The van der Waals surface area contributed by atoms with E-state index in [-0.39, 0.29) is 11.9 Å². The fourth-order valence-electron chi connectivity index (χ4n) is 1.21. The van der Waals surface area contributed by atoms with Crippen molar-refractivity contribution in [1.82, 2.24) is 10.2 Å². The largest absolute Gasteiger partial charge is 0.355 e. The Morgan fingerprint density at radius 3 is 2.33 bits per heavy atom. The van der Waals surface area contributed by atoms with Crippen LogP contribution in [0.25, 0.3) is 0 Å². The number of nitrogens with one attached hydrogen (secondary N) is 1. The van der Waals surface area contributed by atoms with Crippen LogP contribution in [0.2, 0.25) is 0 Å². The Morgan fingerprint density at radius 1 is 1.42 bits per heavy atom. The van der Waals surface area contributed by atoms with E-state index in [0.29, 0.717) is 6.54 Å². The number of likely N-dealkylation sites (N-methyl/N-ethyl adjacent to an activating group) is 2. The molecule has 0 aromatic heterocycles. The topological polar surface area (TPSA) is 32.3 Å². The van der Waals surface area contributed by atoms with Gasteiger partial charge in [-0.25, -0.2) is 0 Å². The fraction of sp³-hybridized carbons (Fsp3) is 0.889. The number of rotatable bonds is 5. The third-order valence-electron chi connectivity index (χ3n) is 2.07. The number of hydrogen-bond donors (Lipinski definition) is 1. The molecule has 0 heterocycles. The summed E-state index contributed by atoms with van der Waals surface area (Å²) in [6, 6.07) is 0.0370. The number of nitrogens with zero attached hydrogens (tertiary/aromatic N) is 1. The molecule has 0 aliphatic heterocycles. The number of hydrogen-bond acceptors (Lipinski definition) is 2. The van der Waals surface area contributed by atoms with Crippen LogP contribution >= 0.6 is 0 Å². The van der Waals surface area contributed by atoms with E-state index < -0.39 is 0 Å². The highest BCUT2D eigenvalue weighted by Gasteiger charge is 2.18. The normalized spacial score (nSPS) is 13.1. The van der Waals surface area contributed by atoms with Crippen molar-refractivity contribution in [3.8, 4) is 0 Å². The molecule has 0 rings (SSSR count). The zero-order valence-electron chi connectivity index (χ0n) is 8.55. The number of amides is 1. The first-order chi connectivity index (χ1) is 5.67. The predicted molar refractivity (Wildman–Crippen MR) is 51.1 cm³/mol. The summed E-state index contributed by atoms with van der Waals surface area (Å²) in [5.41, 5.74) is 0. The van der Waals surface area contributed by atoms with Gasteiger partial charge in [-0.3, -0.25) is 9.69 Å². The highest BCUT2D eigenvalue weighted by molar-refractivity contribution is 5.81. The highest BCUT2D eigenvalue weighted by Crippen LogP contribution is 2.00. The summed E-state index contributed by atoms with van der Waals surface area (Å²) in [6.07, 6.45) is 0.871. The molecular formula is C9H20N2O. The standard InChI is InChI=1S/C9H20N2O/c1-5-8(11(4)7-3)9(12)10-6-2/h8H,5-7H2,1-4H3,(H,10,12). The van der Waals surface area contributed by atoms with Gasteiger partial charge < -0.3 is 5.32 Å². The fourth-order valence-corrected chi connectivity index (χ4v) is 1.21. The summed E-state index contributed by atoms with van der Waals surface area (Å²) in [6.45, 7) is 7.66. The molecule has 3 heteroatoms. The molecule has 0 saturated carbocycles. The maximum atomic E-state index is 11.4. The predicted octanol–water partition coefficient (Wildman–Crippen LogP) is 0.853. The van der Waals surface area contributed by atoms with Gasteiger partial charge in [0.15, 0.2) is 0 Å². The zero-order valence-corrected chi connectivity index (χ0v) is 8.55. The third kappa shape index (κ3) is 3.22. The molecule has 0 fully saturated rings. The van der Waals surface area contributed by atoms with Gasteiger partial charge in [-0.15, -0.1) is 0 Å². The molecule has 72 valence electrons. The van der Waals surface area contributed by atoms with E-state index in [1.807, 2.05) is 20.9 Å².